The highest BCUT2D eigenvalue weighted by Crippen LogP contribution is 2.23. The molecule has 1 heterocycles. The zero-order valence-electron chi connectivity index (χ0n) is 6.29. The maximum Gasteiger partial charge on any atom is 0.0774 e. The molecule has 0 radical (unpaired) electrons. The molecule has 0 spiro atoms. The van der Waals surface area contributed by atoms with E-state index in [-0.39, 0.29) is 6.61 Å². The highest BCUT2D eigenvalue weighted by Gasteiger charge is 2.01. The first-order valence-corrected chi connectivity index (χ1v) is 4.25. The number of rotatable bonds is 2. The van der Waals surface area contributed by atoms with Crippen molar-refractivity contribution < 1.29 is 5.11 Å². The normalized spacial score (nSPS) is 10.8. The molecular formula is C8H12OS. The lowest BCUT2D eigenvalue weighted by Crippen LogP contribution is -1.77. The van der Waals surface area contributed by atoms with E-state index in [1.807, 2.05) is 6.07 Å². The van der Waals surface area contributed by atoms with Crippen LogP contribution in [0.2, 0.25) is 0 Å². The molecule has 0 bridgehead atoms. The van der Waals surface area contributed by atoms with Crippen LogP contribution >= 0.6 is 11.3 Å². The third-order valence-electron chi connectivity index (χ3n) is 1.41. The molecule has 1 rings (SSSR count). The number of hydrogen-bond acceptors (Lipinski definition) is 2. The van der Waals surface area contributed by atoms with E-state index < -0.39 is 0 Å². The number of hydrogen-bond donors (Lipinski definition) is 1. The van der Waals surface area contributed by atoms with Crippen LogP contribution in [0, 0.1) is 0 Å². The number of aliphatic hydroxyl groups excluding tert-OH is 1. The predicted molar refractivity (Wildman–Crippen MR) is 44.3 cm³/mol. The van der Waals surface area contributed by atoms with Gasteiger partial charge in [0.2, 0.25) is 0 Å². The smallest absolute Gasteiger partial charge is 0.0774 e. The molecule has 1 nitrogen and oxygen atoms in total. The lowest BCUT2D eigenvalue weighted by molar-refractivity contribution is 0.285. The van der Waals surface area contributed by atoms with Gasteiger partial charge in [0.05, 0.1) is 6.61 Å². The summed E-state index contributed by atoms with van der Waals surface area (Å²) >= 11 is 1.69. The van der Waals surface area contributed by atoms with E-state index in [0.29, 0.717) is 5.92 Å². The van der Waals surface area contributed by atoms with E-state index in [1.54, 1.807) is 11.3 Å². The first kappa shape index (κ1) is 7.76. The molecule has 1 aromatic heterocycles. The van der Waals surface area contributed by atoms with Gasteiger partial charge in [0.25, 0.3) is 0 Å². The quantitative estimate of drug-likeness (QED) is 0.697. The van der Waals surface area contributed by atoms with Crippen LogP contribution in [0.25, 0.3) is 0 Å². The van der Waals surface area contributed by atoms with E-state index >= 15 is 0 Å². The van der Waals surface area contributed by atoms with Crippen LogP contribution in [0.4, 0.5) is 0 Å². The molecule has 1 aromatic rings. The second-order valence-electron chi connectivity index (χ2n) is 2.62. The summed E-state index contributed by atoms with van der Waals surface area (Å²) in [6, 6.07) is 4.07. The van der Waals surface area contributed by atoms with E-state index in [4.69, 9.17) is 5.11 Å². The molecule has 0 atom stereocenters. The van der Waals surface area contributed by atoms with Crippen molar-refractivity contribution >= 4 is 11.3 Å². The standard InChI is InChI=1S/C8H12OS/c1-6(2)8-4-3-7(5-9)10-8/h3-4,6,9H,5H2,1-2H3. The molecule has 1 N–H and O–H groups in total. The third kappa shape index (κ3) is 1.58. The summed E-state index contributed by atoms with van der Waals surface area (Å²) < 4.78 is 0. The second kappa shape index (κ2) is 3.17. The summed E-state index contributed by atoms with van der Waals surface area (Å²) in [6.45, 7) is 4.50. The van der Waals surface area contributed by atoms with Crippen LogP contribution in [0.1, 0.15) is 29.5 Å². The molecule has 0 amide bonds. The van der Waals surface area contributed by atoms with Gasteiger partial charge in [0, 0.05) is 9.75 Å². The summed E-state index contributed by atoms with van der Waals surface area (Å²) in [4.78, 5) is 2.41. The lowest BCUT2D eigenvalue weighted by Gasteiger charge is -1.96. The molecule has 0 unspecified atom stereocenters. The van der Waals surface area contributed by atoms with Crippen molar-refractivity contribution in [3.05, 3.63) is 21.9 Å². The average molecular weight is 156 g/mol. The van der Waals surface area contributed by atoms with Gasteiger partial charge < -0.3 is 5.11 Å². The molecule has 0 saturated heterocycles. The predicted octanol–water partition coefficient (Wildman–Crippen LogP) is 2.36. The molecule has 0 aliphatic rings. The van der Waals surface area contributed by atoms with E-state index in [1.165, 1.54) is 4.88 Å². The van der Waals surface area contributed by atoms with E-state index in [9.17, 15) is 0 Å². The van der Waals surface area contributed by atoms with Gasteiger partial charge in [0.15, 0.2) is 0 Å². The van der Waals surface area contributed by atoms with Crippen LogP contribution in [0.5, 0.6) is 0 Å². The Labute approximate surface area is 65.3 Å². The minimum absolute atomic E-state index is 0.178. The van der Waals surface area contributed by atoms with Gasteiger partial charge in [-0.3, -0.25) is 0 Å². The molecule has 0 aromatic carbocycles. The molecule has 0 fully saturated rings. The Balaban J connectivity index is 2.78. The van der Waals surface area contributed by atoms with Crippen LogP contribution in [0.3, 0.4) is 0 Å². The Kier molecular flexibility index (Phi) is 2.46. The van der Waals surface area contributed by atoms with Crippen molar-refractivity contribution in [3.8, 4) is 0 Å². The van der Waals surface area contributed by atoms with E-state index in [2.05, 4.69) is 19.9 Å². The second-order valence-corrected chi connectivity index (χ2v) is 3.82. The summed E-state index contributed by atoms with van der Waals surface area (Å²) in [6.07, 6.45) is 0. The van der Waals surface area contributed by atoms with Crippen molar-refractivity contribution in [1.82, 2.24) is 0 Å². The van der Waals surface area contributed by atoms with Crippen LogP contribution in [-0.2, 0) is 6.61 Å². The van der Waals surface area contributed by atoms with Gasteiger partial charge in [-0.2, -0.15) is 0 Å². The largest absolute Gasteiger partial charge is 0.391 e. The molecule has 2 heteroatoms. The van der Waals surface area contributed by atoms with E-state index in [0.717, 1.165) is 4.88 Å². The third-order valence-corrected chi connectivity index (χ3v) is 2.78. The lowest BCUT2D eigenvalue weighted by atomic mass is 10.2. The summed E-state index contributed by atoms with van der Waals surface area (Å²) in [5.74, 6) is 0.588. The summed E-state index contributed by atoms with van der Waals surface area (Å²) in [5, 5.41) is 8.74. The topological polar surface area (TPSA) is 20.2 Å². The summed E-state index contributed by atoms with van der Waals surface area (Å²) in [7, 11) is 0. The Bertz CT molecular complexity index is 203. The first-order valence-electron chi connectivity index (χ1n) is 3.43. The fraction of sp³-hybridized carbons (Fsp3) is 0.500. The van der Waals surface area contributed by atoms with Crippen molar-refractivity contribution in [3.63, 3.8) is 0 Å². The SMILES string of the molecule is CC(C)c1ccc(CO)s1. The average Bonchev–Trinajstić information content (AvgIpc) is 2.34. The Morgan fingerprint density at radius 1 is 1.50 bits per heavy atom. The molecule has 0 aliphatic carbocycles. The van der Waals surface area contributed by atoms with Crippen molar-refractivity contribution in [2.45, 2.75) is 26.4 Å². The van der Waals surface area contributed by atoms with Crippen LogP contribution < -0.4 is 0 Å². The van der Waals surface area contributed by atoms with Gasteiger partial charge in [-0.25, -0.2) is 0 Å². The summed E-state index contributed by atoms with van der Waals surface area (Å²) in [5.41, 5.74) is 0. The minimum Gasteiger partial charge on any atom is -0.391 e. The fourth-order valence-corrected chi connectivity index (χ4v) is 1.66. The Morgan fingerprint density at radius 2 is 2.20 bits per heavy atom. The highest BCUT2D eigenvalue weighted by atomic mass is 32.1. The zero-order valence-corrected chi connectivity index (χ0v) is 7.11. The highest BCUT2D eigenvalue weighted by molar-refractivity contribution is 7.12. The van der Waals surface area contributed by atoms with Crippen molar-refractivity contribution in [1.29, 1.82) is 0 Å². The Hall–Kier alpha value is -0.340. The van der Waals surface area contributed by atoms with Gasteiger partial charge in [-0.05, 0) is 18.1 Å². The van der Waals surface area contributed by atoms with Crippen molar-refractivity contribution in [2.24, 2.45) is 0 Å². The van der Waals surface area contributed by atoms with Gasteiger partial charge in [-0.1, -0.05) is 13.8 Å². The zero-order chi connectivity index (χ0) is 7.56. The van der Waals surface area contributed by atoms with Crippen LogP contribution in [-0.4, -0.2) is 5.11 Å². The van der Waals surface area contributed by atoms with Gasteiger partial charge >= 0.3 is 0 Å². The monoisotopic (exact) mass is 156 g/mol. The molecule has 0 aliphatic heterocycles. The maximum atomic E-state index is 8.74. The molecule has 0 saturated carbocycles. The van der Waals surface area contributed by atoms with Crippen molar-refractivity contribution in [2.75, 3.05) is 0 Å². The molecular weight excluding hydrogens is 144 g/mol. The first-order chi connectivity index (χ1) is 4.74. The Morgan fingerprint density at radius 3 is 2.50 bits per heavy atom. The van der Waals surface area contributed by atoms with Gasteiger partial charge in [-0.15, -0.1) is 11.3 Å². The van der Waals surface area contributed by atoms with Crippen LogP contribution in [0.15, 0.2) is 12.1 Å². The fourth-order valence-electron chi connectivity index (χ4n) is 0.790. The molecule has 10 heavy (non-hydrogen) atoms. The van der Waals surface area contributed by atoms with Gasteiger partial charge in [0.1, 0.15) is 0 Å². The number of thiophene rings is 1. The maximum absolute atomic E-state index is 8.74. The number of aliphatic hydroxyl groups is 1. The molecule has 56 valence electrons. The minimum atomic E-state index is 0.178.